The molecule has 1 aromatic rings. The minimum absolute atomic E-state index is 0.627. The Bertz CT molecular complexity index is 345. The van der Waals surface area contributed by atoms with E-state index >= 15 is 0 Å². The van der Waals surface area contributed by atoms with Gasteiger partial charge in [0, 0.05) is 0 Å². The molecular formula is C11H16N2O4. The van der Waals surface area contributed by atoms with Crippen molar-refractivity contribution in [1.82, 2.24) is 0 Å². The molecule has 0 radical (unpaired) electrons. The van der Waals surface area contributed by atoms with Gasteiger partial charge in [-0.2, -0.15) is 5.10 Å². The predicted octanol–water partition coefficient (Wildman–Crippen LogP) is -0.841. The number of benzene rings is 1. The third kappa shape index (κ3) is 4.49. The van der Waals surface area contributed by atoms with Crippen molar-refractivity contribution < 1.29 is 20.4 Å². The van der Waals surface area contributed by atoms with E-state index in [9.17, 15) is 10.2 Å². The molecule has 0 unspecified atom stereocenters. The predicted molar refractivity (Wildman–Crippen MR) is 63.7 cm³/mol. The maximum Gasteiger partial charge on any atom is 0.119 e. The first-order valence-corrected chi connectivity index (χ1v) is 5.14. The van der Waals surface area contributed by atoms with E-state index in [-0.39, 0.29) is 0 Å². The fraction of sp³-hybridized carbons (Fsp3) is 0.364. The number of aliphatic hydroxyl groups is 4. The Morgan fingerprint density at radius 2 is 1.82 bits per heavy atom. The molecule has 0 saturated carbocycles. The number of hydrogen-bond acceptors (Lipinski definition) is 6. The van der Waals surface area contributed by atoms with Gasteiger partial charge in [-0.1, -0.05) is 18.2 Å². The summed E-state index contributed by atoms with van der Waals surface area (Å²) in [6, 6.07) is 9.05. The lowest BCUT2D eigenvalue weighted by molar-refractivity contribution is -0.0541. The quantitative estimate of drug-likeness (QED) is 0.329. The second-order valence-electron chi connectivity index (χ2n) is 3.49. The molecule has 3 atom stereocenters. The Kier molecular flexibility index (Phi) is 5.58. The molecule has 17 heavy (non-hydrogen) atoms. The van der Waals surface area contributed by atoms with Crippen molar-refractivity contribution in [3.05, 3.63) is 30.3 Å². The van der Waals surface area contributed by atoms with Crippen LogP contribution in [-0.4, -0.2) is 51.6 Å². The third-order valence-electron chi connectivity index (χ3n) is 2.13. The van der Waals surface area contributed by atoms with Crippen molar-refractivity contribution in [1.29, 1.82) is 0 Å². The van der Waals surface area contributed by atoms with E-state index in [0.717, 1.165) is 11.9 Å². The molecule has 0 aromatic heterocycles. The maximum atomic E-state index is 9.39. The number of hydrazone groups is 1. The van der Waals surface area contributed by atoms with Crippen molar-refractivity contribution in [3.8, 4) is 0 Å². The van der Waals surface area contributed by atoms with Gasteiger partial charge in [-0.15, -0.1) is 0 Å². The summed E-state index contributed by atoms with van der Waals surface area (Å²) in [6.07, 6.45) is -3.17. The van der Waals surface area contributed by atoms with Gasteiger partial charge in [0.05, 0.1) is 18.5 Å². The van der Waals surface area contributed by atoms with Gasteiger partial charge in [0.1, 0.15) is 18.3 Å². The Balaban J connectivity index is 2.43. The zero-order valence-corrected chi connectivity index (χ0v) is 9.14. The number of rotatable bonds is 6. The van der Waals surface area contributed by atoms with Crippen LogP contribution < -0.4 is 5.43 Å². The van der Waals surface area contributed by atoms with Crippen LogP contribution >= 0.6 is 0 Å². The summed E-state index contributed by atoms with van der Waals surface area (Å²) in [5.74, 6) is 0. The topological polar surface area (TPSA) is 105 Å². The van der Waals surface area contributed by atoms with Crippen LogP contribution in [0.2, 0.25) is 0 Å². The molecule has 0 fully saturated rings. The molecule has 1 aromatic carbocycles. The Labute approximate surface area is 98.8 Å². The maximum absolute atomic E-state index is 9.39. The zero-order chi connectivity index (χ0) is 12.7. The van der Waals surface area contributed by atoms with Crippen LogP contribution in [0.15, 0.2) is 35.4 Å². The molecule has 0 aliphatic heterocycles. The lowest BCUT2D eigenvalue weighted by atomic mass is 10.1. The molecule has 0 saturated heterocycles. The molecule has 0 bridgehead atoms. The molecule has 94 valence electrons. The van der Waals surface area contributed by atoms with Gasteiger partial charge in [-0.25, -0.2) is 0 Å². The summed E-state index contributed by atoms with van der Waals surface area (Å²) in [4.78, 5) is 0. The highest BCUT2D eigenvalue weighted by Gasteiger charge is 2.22. The van der Waals surface area contributed by atoms with Gasteiger partial charge in [-0.3, -0.25) is 5.43 Å². The van der Waals surface area contributed by atoms with E-state index in [4.69, 9.17) is 10.2 Å². The van der Waals surface area contributed by atoms with Gasteiger partial charge in [0.15, 0.2) is 0 Å². The van der Waals surface area contributed by atoms with Crippen molar-refractivity contribution in [2.75, 3.05) is 12.0 Å². The number of para-hydroxylation sites is 1. The lowest BCUT2D eigenvalue weighted by Crippen LogP contribution is -2.40. The van der Waals surface area contributed by atoms with E-state index in [1.54, 1.807) is 12.1 Å². The van der Waals surface area contributed by atoms with E-state index in [1.165, 1.54) is 0 Å². The second kappa shape index (κ2) is 6.97. The number of hydrogen-bond donors (Lipinski definition) is 5. The van der Waals surface area contributed by atoms with Gasteiger partial charge in [0.2, 0.25) is 0 Å². The highest BCUT2D eigenvalue weighted by Crippen LogP contribution is 2.04. The number of nitrogens with one attached hydrogen (secondary N) is 1. The average Bonchev–Trinajstić information content (AvgIpc) is 2.38. The van der Waals surface area contributed by atoms with E-state index < -0.39 is 24.9 Å². The molecule has 0 amide bonds. The minimum Gasteiger partial charge on any atom is -0.394 e. The summed E-state index contributed by atoms with van der Waals surface area (Å²) in [5, 5.41) is 40.0. The Morgan fingerprint density at radius 3 is 2.41 bits per heavy atom. The van der Waals surface area contributed by atoms with Gasteiger partial charge in [-0.05, 0) is 12.1 Å². The Morgan fingerprint density at radius 1 is 1.18 bits per heavy atom. The van der Waals surface area contributed by atoms with Gasteiger partial charge < -0.3 is 20.4 Å². The first-order valence-electron chi connectivity index (χ1n) is 5.14. The summed E-state index contributed by atoms with van der Waals surface area (Å²) < 4.78 is 0. The molecule has 0 aliphatic carbocycles. The van der Waals surface area contributed by atoms with Crippen molar-refractivity contribution in [3.63, 3.8) is 0 Å². The number of anilines is 1. The molecule has 6 nitrogen and oxygen atoms in total. The summed E-state index contributed by atoms with van der Waals surface area (Å²) in [7, 11) is 0. The highest BCUT2D eigenvalue weighted by molar-refractivity contribution is 5.65. The Hall–Kier alpha value is -1.47. The van der Waals surface area contributed by atoms with Crippen LogP contribution in [-0.2, 0) is 0 Å². The summed E-state index contributed by atoms with van der Waals surface area (Å²) in [5.41, 5.74) is 3.37. The summed E-state index contributed by atoms with van der Waals surface area (Å²) >= 11 is 0. The number of nitrogens with zero attached hydrogens (tertiary/aromatic N) is 1. The fourth-order valence-corrected chi connectivity index (χ4v) is 1.12. The lowest BCUT2D eigenvalue weighted by Gasteiger charge is -2.18. The van der Waals surface area contributed by atoms with E-state index in [2.05, 4.69) is 10.5 Å². The van der Waals surface area contributed by atoms with Gasteiger partial charge >= 0.3 is 0 Å². The fourth-order valence-electron chi connectivity index (χ4n) is 1.12. The molecular weight excluding hydrogens is 224 g/mol. The van der Waals surface area contributed by atoms with Crippen LogP contribution in [0.4, 0.5) is 5.69 Å². The largest absolute Gasteiger partial charge is 0.394 e. The second-order valence-corrected chi connectivity index (χ2v) is 3.49. The molecule has 5 N–H and O–H groups in total. The first-order chi connectivity index (χ1) is 8.15. The van der Waals surface area contributed by atoms with Crippen LogP contribution in [0.5, 0.6) is 0 Å². The zero-order valence-electron chi connectivity index (χ0n) is 9.14. The van der Waals surface area contributed by atoms with Crippen LogP contribution in [0.3, 0.4) is 0 Å². The van der Waals surface area contributed by atoms with Crippen LogP contribution in [0.1, 0.15) is 0 Å². The molecule has 0 aliphatic rings. The monoisotopic (exact) mass is 240 g/mol. The SMILES string of the molecule is OC[C@H](O)[C@@H](O)[C@H](O)/C=N/Nc1ccccc1. The van der Waals surface area contributed by atoms with Crippen molar-refractivity contribution in [2.45, 2.75) is 18.3 Å². The number of aliphatic hydroxyl groups excluding tert-OH is 4. The summed E-state index contributed by atoms with van der Waals surface area (Å²) in [6.45, 7) is -0.627. The molecule has 6 heteroatoms. The molecule has 0 heterocycles. The average molecular weight is 240 g/mol. The molecule has 1 rings (SSSR count). The third-order valence-corrected chi connectivity index (χ3v) is 2.13. The standard InChI is InChI=1S/C11H16N2O4/c14-7-10(16)11(17)9(15)6-12-13-8-4-2-1-3-5-8/h1-6,9-11,13-17H,7H2/b12-6+/t9-,10+,11+/m1/s1. The minimum atomic E-state index is -1.47. The smallest absolute Gasteiger partial charge is 0.119 e. The van der Waals surface area contributed by atoms with Crippen LogP contribution in [0.25, 0.3) is 0 Å². The highest BCUT2D eigenvalue weighted by atomic mass is 16.4. The van der Waals surface area contributed by atoms with Crippen LogP contribution in [0, 0.1) is 0 Å². The van der Waals surface area contributed by atoms with E-state index in [0.29, 0.717) is 0 Å². The normalized spacial score (nSPS) is 16.7. The molecule has 0 spiro atoms. The van der Waals surface area contributed by atoms with Crippen molar-refractivity contribution >= 4 is 11.9 Å². The van der Waals surface area contributed by atoms with Gasteiger partial charge in [0.25, 0.3) is 0 Å². The first kappa shape index (κ1) is 13.6. The van der Waals surface area contributed by atoms with Crippen molar-refractivity contribution in [2.24, 2.45) is 5.10 Å². The van der Waals surface area contributed by atoms with E-state index in [1.807, 2.05) is 18.2 Å².